The van der Waals surface area contributed by atoms with E-state index in [1.54, 1.807) is 6.92 Å². The van der Waals surface area contributed by atoms with E-state index in [1.807, 2.05) is 6.08 Å². The molecule has 0 saturated carbocycles. The van der Waals surface area contributed by atoms with Crippen LogP contribution in [0, 0.1) is 5.92 Å². The van der Waals surface area contributed by atoms with Gasteiger partial charge in [-0.2, -0.15) is 0 Å². The molecule has 12 heavy (non-hydrogen) atoms. The van der Waals surface area contributed by atoms with Crippen LogP contribution in [0.15, 0.2) is 11.6 Å². The molecule has 0 aliphatic carbocycles. The van der Waals surface area contributed by atoms with Crippen molar-refractivity contribution in [2.75, 3.05) is 20.3 Å². The Morgan fingerprint density at radius 2 is 2.42 bits per heavy atom. The second kappa shape index (κ2) is 4.26. The molecule has 0 N–H and O–H groups in total. The SMILES string of the molecule is COC(=O)/C(C)=C/[C@H]1CCOC1. The maximum Gasteiger partial charge on any atom is 0.333 e. The van der Waals surface area contributed by atoms with Crippen LogP contribution < -0.4 is 0 Å². The first-order valence-corrected chi connectivity index (χ1v) is 4.08. The van der Waals surface area contributed by atoms with Gasteiger partial charge in [0.2, 0.25) is 0 Å². The van der Waals surface area contributed by atoms with E-state index in [0.29, 0.717) is 11.5 Å². The minimum atomic E-state index is -0.248. The molecule has 3 heteroatoms. The van der Waals surface area contributed by atoms with Crippen LogP contribution >= 0.6 is 0 Å². The predicted molar refractivity (Wildman–Crippen MR) is 44.7 cm³/mol. The number of methoxy groups -OCH3 is 1. The van der Waals surface area contributed by atoms with Crippen LogP contribution in [-0.2, 0) is 14.3 Å². The fourth-order valence-electron chi connectivity index (χ4n) is 1.27. The number of rotatable bonds is 2. The van der Waals surface area contributed by atoms with Crippen LogP contribution in [0.25, 0.3) is 0 Å². The highest BCUT2D eigenvalue weighted by Crippen LogP contribution is 2.15. The Hall–Kier alpha value is -0.830. The molecule has 1 saturated heterocycles. The number of hydrogen-bond acceptors (Lipinski definition) is 3. The first-order valence-electron chi connectivity index (χ1n) is 4.08. The first-order chi connectivity index (χ1) is 5.74. The van der Waals surface area contributed by atoms with Crippen molar-refractivity contribution >= 4 is 5.97 Å². The fourth-order valence-corrected chi connectivity index (χ4v) is 1.27. The van der Waals surface area contributed by atoms with Crippen LogP contribution in [0.3, 0.4) is 0 Å². The highest BCUT2D eigenvalue weighted by molar-refractivity contribution is 5.87. The fraction of sp³-hybridized carbons (Fsp3) is 0.667. The van der Waals surface area contributed by atoms with Gasteiger partial charge in [0.15, 0.2) is 0 Å². The second-order valence-corrected chi connectivity index (χ2v) is 2.96. The summed E-state index contributed by atoms with van der Waals surface area (Å²) in [7, 11) is 1.39. The molecule has 0 aromatic heterocycles. The lowest BCUT2D eigenvalue weighted by atomic mass is 10.1. The summed E-state index contributed by atoms with van der Waals surface area (Å²) in [4.78, 5) is 11.0. The Kier molecular flexibility index (Phi) is 3.29. The number of ether oxygens (including phenoxy) is 2. The van der Waals surface area contributed by atoms with Crippen LogP contribution in [0.1, 0.15) is 13.3 Å². The standard InChI is InChI=1S/C9H14O3/c1-7(9(10)11-2)5-8-3-4-12-6-8/h5,8H,3-4,6H2,1-2H3/b7-5+/t8-/m1/s1. The van der Waals surface area contributed by atoms with Gasteiger partial charge in [-0.15, -0.1) is 0 Å². The summed E-state index contributed by atoms with van der Waals surface area (Å²) < 4.78 is 9.75. The monoisotopic (exact) mass is 170 g/mol. The molecule has 1 aliphatic rings. The quantitative estimate of drug-likeness (QED) is 0.460. The summed E-state index contributed by atoms with van der Waals surface area (Å²) in [6.07, 6.45) is 2.94. The average molecular weight is 170 g/mol. The van der Waals surface area contributed by atoms with Crippen molar-refractivity contribution in [1.82, 2.24) is 0 Å². The molecular formula is C9H14O3. The van der Waals surface area contributed by atoms with Gasteiger partial charge in [-0.05, 0) is 13.3 Å². The zero-order valence-corrected chi connectivity index (χ0v) is 7.50. The molecule has 0 spiro atoms. The summed E-state index contributed by atoms with van der Waals surface area (Å²) >= 11 is 0. The third-order valence-corrected chi connectivity index (χ3v) is 1.96. The molecule has 0 amide bonds. The average Bonchev–Trinajstić information content (AvgIpc) is 2.55. The molecule has 1 atom stereocenters. The lowest BCUT2D eigenvalue weighted by Crippen LogP contribution is -2.04. The zero-order chi connectivity index (χ0) is 8.97. The molecule has 0 radical (unpaired) electrons. The largest absolute Gasteiger partial charge is 0.466 e. The van der Waals surface area contributed by atoms with E-state index in [2.05, 4.69) is 4.74 Å². The van der Waals surface area contributed by atoms with Crippen molar-refractivity contribution < 1.29 is 14.3 Å². The molecular weight excluding hydrogens is 156 g/mol. The van der Waals surface area contributed by atoms with Gasteiger partial charge in [0.25, 0.3) is 0 Å². The minimum absolute atomic E-state index is 0.248. The number of carbonyl (C=O) groups excluding carboxylic acids is 1. The topological polar surface area (TPSA) is 35.5 Å². The Morgan fingerprint density at radius 3 is 2.92 bits per heavy atom. The molecule has 1 aliphatic heterocycles. The summed E-state index contributed by atoms with van der Waals surface area (Å²) in [6, 6.07) is 0. The third-order valence-electron chi connectivity index (χ3n) is 1.96. The number of esters is 1. The van der Waals surface area contributed by atoms with Crippen LogP contribution in [0.4, 0.5) is 0 Å². The Bertz CT molecular complexity index is 190. The van der Waals surface area contributed by atoms with Gasteiger partial charge in [-0.25, -0.2) is 4.79 Å². The van der Waals surface area contributed by atoms with Crippen LogP contribution in [0.2, 0.25) is 0 Å². The zero-order valence-electron chi connectivity index (χ0n) is 7.50. The van der Waals surface area contributed by atoms with E-state index < -0.39 is 0 Å². The molecule has 0 aromatic carbocycles. The molecule has 68 valence electrons. The Morgan fingerprint density at radius 1 is 1.67 bits per heavy atom. The van der Waals surface area contributed by atoms with Crippen molar-refractivity contribution in [1.29, 1.82) is 0 Å². The van der Waals surface area contributed by atoms with Crippen LogP contribution in [0.5, 0.6) is 0 Å². The normalized spacial score (nSPS) is 24.2. The van der Waals surface area contributed by atoms with Gasteiger partial charge in [0.1, 0.15) is 0 Å². The predicted octanol–water partition coefficient (Wildman–Crippen LogP) is 1.14. The Labute approximate surface area is 72.4 Å². The first kappa shape index (κ1) is 9.26. The molecule has 1 rings (SSSR count). The minimum Gasteiger partial charge on any atom is -0.466 e. The highest BCUT2D eigenvalue weighted by Gasteiger charge is 2.14. The van der Waals surface area contributed by atoms with Gasteiger partial charge >= 0.3 is 5.97 Å². The molecule has 1 heterocycles. The number of carbonyl (C=O) groups is 1. The van der Waals surface area contributed by atoms with Crippen molar-refractivity contribution in [3.8, 4) is 0 Å². The maximum atomic E-state index is 11.0. The number of hydrogen-bond donors (Lipinski definition) is 0. The lowest BCUT2D eigenvalue weighted by Gasteiger charge is -2.02. The van der Waals surface area contributed by atoms with Crippen molar-refractivity contribution in [2.45, 2.75) is 13.3 Å². The summed E-state index contributed by atoms with van der Waals surface area (Å²) in [5.41, 5.74) is 0.674. The summed E-state index contributed by atoms with van der Waals surface area (Å²) in [6.45, 7) is 3.30. The van der Waals surface area contributed by atoms with Gasteiger partial charge in [0, 0.05) is 18.1 Å². The van der Waals surface area contributed by atoms with Gasteiger partial charge in [-0.1, -0.05) is 6.08 Å². The smallest absolute Gasteiger partial charge is 0.333 e. The van der Waals surface area contributed by atoms with Gasteiger partial charge in [0.05, 0.1) is 13.7 Å². The molecule has 0 unspecified atom stereocenters. The van der Waals surface area contributed by atoms with Crippen LogP contribution in [-0.4, -0.2) is 26.3 Å². The van der Waals surface area contributed by atoms with Crippen molar-refractivity contribution in [3.63, 3.8) is 0 Å². The molecule has 3 nitrogen and oxygen atoms in total. The lowest BCUT2D eigenvalue weighted by molar-refractivity contribution is -0.136. The van der Waals surface area contributed by atoms with Crippen molar-refractivity contribution in [2.24, 2.45) is 5.92 Å². The molecule has 0 bridgehead atoms. The maximum absolute atomic E-state index is 11.0. The van der Waals surface area contributed by atoms with Crippen molar-refractivity contribution in [3.05, 3.63) is 11.6 Å². The van der Waals surface area contributed by atoms with E-state index in [1.165, 1.54) is 7.11 Å². The summed E-state index contributed by atoms with van der Waals surface area (Å²) in [5.74, 6) is 0.144. The second-order valence-electron chi connectivity index (χ2n) is 2.96. The Balaban J connectivity index is 2.48. The third kappa shape index (κ3) is 2.34. The summed E-state index contributed by atoms with van der Waals surface area (Å²) in [5, 5.41) is 0. The van der Waals surface area contributed by atoms with Gasteiger partial charge in [-0.3, -0.25) is 0 Å². The highest BCUT2D eigenvalue weighted by atomic mass is 16.5. The van der Waals surface area contributed by atoms with E-state index in [4.69, 9.17) is 4.74 Å². The van der Waals surface area contributed by atoms with E-state index in [9.17, 15) is 4.79 Å². The molecule has 0 aromatic rings. The van der Waals surface area contributed by atoms with Gasteiger partial charge < -0.3 is 9.47 Å². The van der Waals surface area contributed by atoms with E-state index in [-0.39, 0.29) is 5.97 Å². The van der Waals surface area contributed by atoms with E-state index >= 15 is 0 Å². The van der Waals surface area contributed by atoms with E-state index in [0.717, 1.165) is 19.6 Å². The molecule has 1 fully saturated rings.